The van der Waals surface area contributed by atoms with Gasteiger partial charge in [-0.3, -0.25) is 4.90 Å². The van der Waals surface area contributed by atoms with Crippen LogP contribution in [0.5, 0.6) is 5.75 Å². The van der Waals surface area contributed by atoms with Crippen molar-refractivity contribution in [2.24, 2.45) is 5.73 Å². The van der Waals surface area contributed by atoms with Crippen LogP contribution < -0.4 is 10.5 Å². The fraction of sp³-hybridized carbons (Fsp3) is 0.467. The number of hydrogen-bond donors (Lipinski definition) is 1. The Labute approximate surface area is 125 Å². The minimum absolute atomic E-state index is 0.112. The lowest BCUT2D eigenvalue weighted by Crippen LogP contribution is -2.45. The van der Waals surface area contributed by atoms with Crippen molar-refractivity contribution in [1.82, 2.24) is 4.90 Å². The van der Waals surface area contributed by atoms with Gasteiger partial charge >= 0.3 is 0 Å². The standard InChI is InChI=1S/C15H21ClN2O2/c1-2-6-20-15-4-3-13(16)8-12(15)10-18-5-7-19-14(9-17)11-18/h2-4,8,14H,1,5-7,9-11,17H2. The molecule has 0 aromatic heterocycles. The molecule has 2 rings (SSSR count). The summed E-state index contributed by atoms with van der Waals surface area (Å²) in [5.74, 6) is 0.852. The van der Waals surface area contributed by atoms with Crippen molar-refractivity contribution in [2.75, 3.05) is 32.8 Å². The fourth-order valence-electron chi connectivity index (χ4n) is 2.27. The molecule has 1 heterocycles. The number of benzene rings is 1. The first kappa shape index (κ1) is 15.3. The van der Waals surface area contributed by atoms with Crippen LogP contribution in [0.2, 0.25) is 5.02 Å². The van der Waals surface area contributed by atoms with Gasteiger partial charge in [0.05, 0.1) is 12.7 Å². The Balaban J connectivity index is 2.06. The van der Waals surface area contributed by atoms with Crippen molar-refractivity contribution >= 4 is 11.6 Å². The van der Waals surface area contributed by atoms with Crippen molar-refractivity contribution in [2.45, 2.75) is 12.6 Å². The van der Waals surface area contributed by atoms with Gasteiger partial charge in [-0.25, -0.2) is 0 Å². The summed E-state index contributed by atoms with van der Waals surface area (Å²) in [5.41, 5.74) is 6.75. The van der Waals surface area contributed by atoms with Crippen molar-refractivity contribution in [1.29, 1.82) is 0 Å². The van der Waals surface area contributed by atoms with E-state index in [0.29, 0.717) is 19.8 Å². The van der Waals surface area contributed by atoms with Gasteiger partial charge in [-0.15, -0.1) is 0 Å². The minimum Gasteiger partial charge on any atom is -0.489 e. The van der Waals surface area contributed by atoms with Crippen molar-refractivity contribution in [3.8, 4) is 5.75 Å². The van der Waals surface area contributed by atoms with Crippen LogP contribution in [-0.2, 0) is 11.3 Å². The quantitative estimate of drug-likeness (QED) is 0.817. The maximum absolute atomic E-state index is 6.09. The van der Waals surface area contributed by atoms with Crippen molar-refractivity contribution < 1.29 is 9.47 Å². The maximum Gasteiger partial charge on any atom is 0.124 e. The predicted octanol–water partition coefficient (Wildman–Crippen LogP) is 2.06. The predicted molar refractivity (Wildman–Crippen MR) is 81.2 cm³/mol. The highest BCUT2D eigenvalue weighted by Crippen LogP contribution is 2.25. The van der Waals surface area contributed by atoms with Gasteiger partial charge in [-0.2, -0.15) is 0 Å². The van der Waals surface area contributed by atoms with E-state index in [-0.39, 0.29) is 6.10 Å². The van der Waals surface area contributed by atoms with E-state index in [1.54, 1.807) is 6.08 Å². The Bertz CT molecular complexity index is 453. The zero-order valence-electron chi connectivity index (χ0n) is 11.6. The Hall–Kier alpha value is -1.07. The highest BCUT2D eigenvalue weighted by Gasteiger charge is 2.20. The van der Waals surface area contributed by atoms with Gasteiger partial charge in [0.25, 0.3) is 0 Å². The summed E-state index contributed by atoms with van der Waals surface area (Å²) in [7, 11) is 0. The highest BCUT2D eigenvalue weighted by molar-refractivity contribution is 6.30. The molecule has 1 aromatic carbocycles. The van der Waals surface area contributed by atoms with E-state index in [1.165, 1.54) is 0 Å². The summed E-state index contributed by atoms with van der Waals surface area (Å²) in [6, 6.07) is 5.69. The Morgan fingerprint density at radius 2 is 2.40 bits per heavy atom. The molecule has 4 nitrogen and oxygen atoms in total. The smallest absolute Gasteiger partial charge is 0.124 e. The minimum atomic E-state index is 0.112. The molecule has 1 aromatic rings. The summed E-state index contributed by atoms with van der Waals surface area (Å²) >= 11 is 6.09. The molecule has 0 spiro atoms. The summed E-state index contributed by atoms with van der Waals surface area (Å²) in [6.45, 7) is 7.93. The van der Waals surface area contributed by atoms with Gasteiger partial charge in [0, 0.05) is 36.8 Å². The molecular formula is C15H21ClN2O2. The molecule has 1 aliphatic heterocycles. The second-order valence-electron chi connectivity index (χ2n) is 4.82. The van der Waals surface area contributed by atoms with E-state index in [4.69, 9.17) is 26.8 Å². The number of rotatable bonds is 6. The molecule has 0 aliphatic carbocycles. The summed E-state index contributed by atoms with van der Waals surface area (Å²) in [5, 5.41) is 0.717. The summed E-state index contributed by atoms with van der Waals surface area (Å²) in [4.78, 5) is 2.31. The average Bonchev–Trinajstić information content (AvgIpc) is 2.47. The molecule has 1 fully saturated rings. The summed E-state index contributed by atoms with van der Waals surface area (Å²) < 4.78 is 11.3. The average molecular weight is 297 g/mol. The van der Waals surface area contributed by atoms with Crippen LogP contribution in [0.1, 0.15) is 5.56 Å². The molecule has 0 radical (unpaired) electrons. The van der Waals surface area contributed by atoms with Crippen LogP contribution in [0.15, 0.2) is 30.9 Å². The van der Waals surface area contributed by atoms with Gasteiger partial charge in [-0.05, 0) is 18.2 Å². The van der Waals surface area contributed by atoms with Crippen molar-refractivity contribution in [3.63, 3.8) is 0 Å². The molecule has 1 unspecified atom stereocenters. The second kappa shape index (κ2) is 7.64. The van der Waals surface area contributed by atoms with Crippen LogP contribution in [0.25, 0.3) is 0 Å². The normalized spacial score (nSPS) is 19.8. The molecular weight excluding hydrogens is 276 g/mol. The Morgan fingerprint density at radius 1 is 1.55 bits per heavy atom. The number of hydrogen-bond acceptors (Lipinski definition) is 4. The first-order valence-electron chi connectivity index (χ1n) is 6.79. The molecule has 1 aliphatic rings. The lowest BCUT2D eigenvalue weighted by atomic mass is 10.1. The van der Waals surface area contributed by atoms with E-state index >= 15 is 0 Å². The fourth-order valence-corrected chi connectivity index (χ4v) is 2.46. The Morgan fingerprint density at radius 3 is 3.15 bits per heavy atom. The third-order valence-corrected chi connectivity index (χ3v) is 3.49. The van der Waals surface area contributed by atoms with Crippen LogP contribution in [0, 0.1) is 0 Å². The number of ether oxygens (including phenoxy) is 2. The molecule has 0 saturated carbocycles. The van der Waals surface area contributed by atoms with Gasteiger partial charge in [-0.1, -0.05) is 24.3 Å². The molecule has 5 heteroatoms. The molecule has 0 bridgehead atoms. The highest BCUT2D eigenvalue weighted by atomic mass is 35.5. The lowest BCUT2D eigenvalue weighted by Gasteiger charge is -2.32. The maximum atomic E-state index is 6.09. The van der Waals surface area contributed by atoms with E-state index in [1.807, 2.05) is 18.2 Å². The molecule has 0 amide bonds. The zero-order chi connectivity index (χ0) is 14.4. The van der Waals surface area contributed by atoms with Crippen LogP contribution in [0.3, 0.4) is 0 Å². The number of morpholine rings is 1. The van der Waals surface area contributed by atoms with E-state index < -0.39 is 0 Å². The molecule has 1 atom stereocenters. The number of halogens is 1. The Kier molecular flexibility index (Phi) is 5.86. The first-order valence-corrected chi connectivity index (χ1v) is 7.17. The van der Waals surface area contributed by atoms with E-state index in [0.717, 1.165) is 36.0 Å². The first-order chi connectivity index (χ1) is 9.72. The topological polar surface area (TPSA) is 47.7 Å². The van der Waals surface area contributed by atoms with Gasteiger partial charge < -0.3 is 15.2 Å². The SMILES string of the molecule is C=CCOc1ccc(Cl)cc1CN1CCOC(CN)C1. The summed E-state index contributed by atoms with van der Waals surface area (Å²) in [6.07, 6.45) is 1.85. The van der Waals surface area contributed by atoms with Crippen LogP contribution in [0.4, 0.5) is 0 Å². The second-order valence-corrected chi connectivity index (χ2v) is 5.25. The third kappa shape index (κ3) is 4.21. The lowest BCUT2D eigenvalue weighted by molar-refractivity contribution is -0.0262. The molecule has 1 saturated heterocycles. The largest absolute Gasteiger partial charge is 0.489 e. The molecule has 110 valence electrons. The number of nitrogens with zero attached hydrogens (tertiary/aromatic N) is 1. The van der Waals surface area contributed by atoms with Gasteiger partial charge in [0.1, 0.15) is 12.4 Å². The number of nitrogens with two attached hydrogens (primary N) is 1. The van der Waals surface area contributed by atoms with Crippen molar-refractivity contribution in [3.05, 3.63) is 41.4 Å². The van der Waals surface area contributed by atoms with E-state index in [9.17, 15) is 0 Å². The van der Waals surface area contributed by atoms with E-state index in [2.05, 4.69) is 11.5 Å². The third-order valence-electron chi connectivity index (χ3n) is 3.26. The van der Waals surface area contributed by atoms with Crippen LogP contribution in [-0.4, -0.2) is 43.9 Å². The molecule has 20 heavy (non-hydrogen) atoms. The van der Waals surface area contributed by atoms with Crippen LogP contribution >= 0.6 is 11.6 Å². The van der Waals surface area contributed by atoms with Gasteiger partial charge in [0.2, 0.25) is 0 Å². The van der Waals surface area contributed by atoms with Gasteiger partial charge in [0.15, 0.2) is 0 Å². The molecule has 2 N–H and O–H groups in total. The zero-order valence-corrected chi connectivity index (χ0v) is 12.3. The monoisotopic (exact) mass is 296 g/mol.